The summed E-state index contributed by atoms with van der Waals surface area (Å²) in [5, 5.41) is 0. The highest BCUT2D eigenvalue weighted by atomic mass is 16.5. The molecule has 0 saturated heterocycles. The van der Waals surface area contributed by atoms with E-state index in [9.17, 15) is 4.79 Å². The molecule has 1 aliphatic carbocycles. The molecule has 0 spiro atoms. The van der Waals surface area contributed by atoms with E-state index < -0.39 is 0 Å². The van der Waals surface area contributed by atoms with Crippen LogP contribution in [-0.4, -0.2) is 12.1 Å². The summed E-state index contributed by atoms with van der Waals surface area (Å²) in [7, 11) is 0. The zero-order valence-electron chi connectivity index (χ0n) is 28.8. The molecular weight excluding hydrogens is 512 g/mol. The van der Waals surface area contributed by atoms with E-state index >= 15 is 0 Å². The predicted octanol–water partition coefficient (Wildman–Crippen LogP) is 14.1. The van der Waals surface area contributed by atoms with Crippen LogP contribution in [0.3, 0.4) is 0 Å². The minimum absolute atomic E-state index is 0.0889. The van der Waals surface area contributed by atoms with Gasteiger partial charge in [0.1, 0.15) is 6.10 Å². The lowest BCUT2D eigenvalue weighted by molar-refractivity contribution is -0.145. The van der Waals surface area contributed by atoms with E-state index in [4.69, 9.17) is 4.74 Å². The van der Waals surface area contributed by atoms with Crippen molar-refractivity contribution in [2.45, 2.75) is 238 Å². The topological polar surface area (TPSA) is 26.3 Å². The minimum atomic E-state index is -0.194. The Bertz CT molecular complexity index is 546. The van der Waals surface area contributed by atoms with E-state index in [0.29, 0.717) is 5.57 Å². The van der Waals surface area contributed by atoms with Gasteiger partial charge in [0.25, 0.3) is 0 Å². The van der Waals surface area contributed by atoms with E-state index in [-0.39, 0.29) is 12.1 Å². The molecule has 248 valence electrons. The van der Waals surface area contributed by atoms with E-state index in [0.717, 1.165) is 12.8 Å². The van der Waals surface area contributed by atoms with Crippen molar-refractivity contribution in [1.29, 1.82) is 0 Å². The van der Waals surface area contributed by atoms with Gasteiger partial charge >= 0.3 is 5.97 Å². The van der Waals surface area contributed by atoms with Crippen molar-refractivity contribution in [2.75, 3.05) is 0 Å². The number of esters is 1. The van der Waals surface area contributed by atoms with Crippen molar-refractivity contribution in [3.05, 3.63) is 12.2 Å². The van der Waals surface area contributed by atoms with Gasteiger partial charge in [-0.25, -0.2) is 4.79 Å². The highest BCUT2D eigenvalue weighted by Crippen LogP contribution is 2.20. The van der Waals surface area contributed by atoms with Crippen molar-refractivity contribution < 1.29 is 9.53 Å². The third-order valence-corrected chi connectivity index (χ3v) is 9.67. The first-order chi connectivity index (χ1) is 20.7. The molecule has 0 unspecified atom stereocenters. The summed E-state index contributed by atoms with van der Waals surface area (Å²) >= 11 is 0. The summed E-state index contributed by atoms with van der Waals surface area (Å²) in [6, 6.07) is 0. The van der Waals surface area contributed by atoms with Crippen LogP contribution in [0.4, 0.5) is 0 Å². The molecule has 0 aromatic rings. The van der Waals surface area contributed by atoms with Crippen molar-refractivity contribution in [3.8, 4) is 0 Å². The van der Waals surface area contributed by atoms with Gasteiger partial charge in [0, 0.05) is 5.57 Å². The number of ether oxygens (including phenoxy) is 1. The van der Waals surface area contributed by atoms with Crippen molar-refractivity contribution in [2.24, 2.45) is 0 Å². The second-order valence-corrected chi connectivity index (χ2v) is 14.1. The monoisotopic (exact) mass is 589 g/mol. The maximum Gasteiger partial charge on any atom is 0.333 e. The van der Waals surface area contributed by atoms with Crippen LogP contribution < -0.4 is 0 Å². The standard InChI is InChI=1S/C40H76O2/c1-38(2)40(41)42-39-36-34-32-30-28-26-24-22-20-18-16-14-12-10-8-6-4-3-5-7-9-11-13-15-17-19-21-23-25-27-29-31-33-35-37-39/h39H,1,3-37H2,2H3. The number of hydrogen-bond acceptors (Lipinski definition) is 2. The van der Waals surface area contributed by atoms with Crippen LogP contribution in [-0.2, 0) is 9.53 Å². The first kappa shape index (κ1) is 39.2. The summed E-state index contributed by atoms with van der Waals surface area (Å²) in [5.41, 5.74) is 0.533. The summed E-state index contributed by atoms with van der Waals surface area (Å²) in [6.45, 7) is 5.56. The zero-order valence-corrected chi connectivity index (χ0v) is 28.8. The van der Waals surface area contributed by atoms with Gasteiger partial charge in [-0.2, -0.15) is 0 Å². The molecule has 1 aliphatic rings. The molecule has 0 aliphatic heterocycles. The SMILES string of the molecule is C=C(C)C(=O)OC1CCCCCCCCCCCCCCCCCCCCCCCCCCCCCCCCCCC1. The number of hydrogen-bond donors (Lipinski definition) is 0. The first-order valence-corrected chi connectivity index (χ1v) is 19.6. The molecular formula is C40H76O2. The van der Waals surface area contributed by atoms with Crippen LogP contribution in [0, 0.1) is 0 Å². The maximum atomic E-state index is 12.2. The summed E-state index contributed by atoms with van der Waals surface area (Å²) in [6.07, 6.45) is 48.8. The average molecular weight is 589 g/mol. The van der Waals surface area contributed by atoms with Crippen LogP contribution >= 0.6 is 0 Å². The predicted molar refractivity (Wildman–Crippen MR) is 186 cm³/mol. The van der Waals surface area contributed by atoms with Crippen molar-refractivity contribution >= 4 is 5.97 Å². The van der Waals surface area contributed by atoms with Gasteiger partial charge in [0.15, 0.2) is 0 Å². The Balaban J connectivity index is 2.24. The summed E-state index contributed by atoms with van der Waals surface area (Å²) in [4.78, 5) is 12.2. The molecule has 0 radical (unpaired) electrons. The Morgan fingerprint density at radius 3 is 0.714 bits per heavy atom. The third-order valence-electron chi connectivity index (χ3n) is 9.67. The fourth-order valence-electron chi connectivity index (χ4n) is 6.74. The van der Waals surface area contributed by atoms with Gasteiger partial charge in [0.2, 0.25) is 0 Å². The fraction of sp³-hybridized carbons (Fsp3) is 0.925. The molecule has 0 aromatic heterocycles. The highest BCUT2D eigenvalue weighted by Gasteiger charge is 2.14. The van der Waals surface area contributed by atoms with Crippen LogP contribution in [0.25, 0.3) is 0 Å². The molecule has 1 rings (SSSR count). The maximum absolute atomic E-state index is 12.2. The molecule has 0 bridgehead atoms. The normalized spacial score (nSPS) is 22.5. The van der Waals surface area contributed by atoms with E-state index in [1.54, 1.807) is 6.92 Å². The van der Waals surface area contributed by atoms with E-state index in [2.05, 4.69) is 6.58 Å². The largest absolute Gasteiger partial charge is 0.459 e. The Kier molecular flexibility index (Phi) is 29.5. The van der Waals surface area contributed by atoms with Gasteiger partial charge in [-0.3, -0.25) is 0 Å². The highest BCUT2D eigenvalue weighted by molar-refractivity contribution is 5.87. The van der Waals surface area contributed by atoms with Crippen molar-refractivity contribution in [1.82, 2.24) is 0 Å². The van der Waals surface area contributed by atoms with Gasteiger partial charge in [-0.1, -0.05) is 206 Å². The lowest BCUT2D eigenvalue weighted by Gasteiger charge is -2.18. The second-order valence-electron chi connectivity index (χ2n) is 14.1. The molecule has 0 heterocycles. The smallest absolute Gasteiger partial charge is 0.333 e. The van der Waals surface area contributed by atoms with Crippen molar-refractivity contribution in [3.63, 3.8) is 0 Å². The zero-order chi connectivity index (χ0) is 30.2. The summed E-state index contributed by atoms with van der Waals surface area (Å²) < 4.78 is 5.82. The quantitative estimate of drug-likeness (QED) is 0.237. The lowest BCUT2D eigenvalue weighted by atomic mass is 10.0. The average Bonchev–Trinajstić information content (AvgIpc) is 2.98. The molecule has 0 atom stereocenters. The minimum Gasteiger partial charge on any atom is -0.459 e. The third kappa shape index (κ3) is 28.0. The van der Waals surface area contributed by atoms with Gasteiger partial charge in [0.05, 0.1) is 0 Å². The Hall–Kier alpha value is -0.790. The molecule has 1 saturated carbocycles. The van der Waals surface area contributed by atoms with E-state index in [1.165, 1.54) is 212 Å². The number of carbonyl (C=O) groups is 1. The Labute approximate surface area is 265 Å². The first-order valence-electron chi connectivity index (χ1n) is 19.6. The van der Waals surface area contributed by atoms with Gasteiger partial charge < -0.3 is 4.74 Å². The molecule has 0 N–H and O–H groups in total. The second kappa shape index (κ2) is 31.6. The van der Waals surface area contributed by atoms with Crippen LogP contribution in [0.1, 0.15) is 232 Å². The molecule has 2 nitrogen and oxygen atoms in total. The van der Waals surface area contributed by atoms with Crippen LogP contribution in [0.15, 0.2) is 12.2 Å². The summed E-state index contributed by atoms with van der Waals surface area (Å²) in [5.74, 6) is -0.194. The van der Waals surface area contributed by atoms with Crippen LogP contribution in [0.5, 0.6) is 0 Å². The lowest BCUT2D eigenvalue weighted by Crippen LogP contribution is -2.18. The fourth-order valence-corrected chi connectivity index (χ4v) is 6.74. The number of carbonyl (C=O) groups excluding carboxylic acids is 1. The van der Waals surface area contributed by atoms with Gasteiger partial charge in [-0.15, -0.1) is 0 Å². The van der Waals surface area contributed by atoms with Crippen LogP contribution in [0.2, 0.25) is 0 Å². The van der Waals surface area contributed by atoms with E-state index in [1.807, 2.05) is 0 Å². The molecule has 0 aromatic carbocycles. The molecule has 1 fully saturated rings. The van der Waals surface area contributed by atoms with Gasteiger partial charge in [-0.05, 0) is 32.6 Å². The Morgan fingerprint density at radius 1 is 0.381 bits per heavy atom. The molecule has 42 heavy (non-hydrogen) atoms. The number of rotatable bonds is 2. The Morgan fingerprint density at radius 2 is 0.548 bits per heavy atom. The molecule has 2 heteroatoms. The molecule has 0 amide bonds.